The summed E-state index contributed by atoms with van der Waals surface area (Å²) in [7, 11) is 0. The zero-order valence-corrected chi connectivity index (χ0v) is 10.5. The first-order valence-electron chi connectivity index (χ1n) is 6.69. The Bertz CT molecular complexity index is 94.7. The number of ether oxygens (including phenoxy) is 1. The van der Waals surface area contributed by atoms with Crippen LogP contribution in [-0.2, 0) is 4.74 Å². The molecule has 0 atom stereocenters. The third-order valence-corrected chi connectivity index (χ3v) is 2.59. The standard InChI is InChI=1S/C13H29NO/c1-2-12-15-13-10-8-6-4-3-5-7-9-11-14/h2-14H2,1H3. The molecule has 0 heterocycles. The highest BCUT2D eigenvalue weighted by atomic mass is 16.5. The van der Waals surface area contributed by atoms with Gasteiger partial charge in [-0.3, -0.25) is 0 Å². The van der Waals surface area contributed by atoms with E-state index in [1.54, 1.807) is 0 Å². The Morgan fingerprint density at radius 3 is 1.80 bits per heavy atom. The summed E-state index contributed by atoms with van der Waals surface area (Å²) < 4.78 is 5.43. The molecule has 2 heteroatoms. The Morgan fingerprint density at radius 2 is 1.27 bits per heavy atom. The maximum Gasteiger partial charge on any atom is 0.0466 e. The van der Waals surface area contributed by atoms with E-state index in [0.717, 1.165) is 26.2 Å². The van der Waals surface area contributed by atoms with Gasteiger partial charge in [-0.25, -0.2) is 0 Å². The molecule has 92 valence electrons. The predicted molar refractivity (Wildman–Crippen MR) is 67.1 cm³/mol. The van der Waals surface area contributed by atoms with E-state index in [9.17, 15) is 0 Å². The smallest absolute Gasteiger partial charge is 0.0466 e. The lowest BCUT2D eigenvalue weighted by Crippen LogP contribution is -1.97. The minimum absolute atomic E-state index is 0.856. The molecule has 0 saturated carbocycles. The van der Waals surface area contributed by atoms with Gasteiger partial charge in [-0.1, -0.05) is 45.4 Å². The summed E-state index contributed by atoms with van der Waals surface area (Å²) in [6, 6.07) is 0. The molecule has 0 aromatic heterocycles. The summed E-state index contributed by atoms with van der Waals surface area (Å²) in [6.45, 7) is 4.90. The van der Waals surface area contributed by atoms with Crippen LogP contribution in [0.5, 0.6) is 0 Å². The van der Waals surface area contributed by atoms with Crippen LogP contribution in [0.15, 0.2) is 0 Å². The van der Waals surface area contributed by atoms with Gasteiger partial charge in [-0.2, -0.15) is 0 Å². The predicted octanol–water partition coefficient (Wildman–Crippen LogP) is 3.49. The van der Waals surface area contributed by atoms with E-state index in [-0.39, 0.29) is 0 Å². The minimum atomic E-state index is 0.856. The van der Waals surface area contributed by atoms with E-state index in [0.29, 0.717) is 0 Å². The largest absolute Gasteiger partial charge is 0.381 e. The van der Waals surface area contributed by atoms with Crippen LogP contribution in [0.1, 0.15) is 64.7 Å². The summed E-state index contributed by atoms with van der Waals surface area (Å²) >= 11 is 0. The first-order chi connectivity index (χ1) is 7.41. The highest BCUT2D eigenvalue weighted by Crippen LogP contribution is 2.08. The van der Waals surface area contributed by atoms with Crippen molar-refractivity contribution in [2.75, 3.05) is 19.8 Å². The van der Waals surface area contributed by atoms with Crippen molar-refractivity contribution in [1.29, 1.82) is 0 Å². The van der Waals surface area contributed by atoms with Crippen LogP contribution < -0.4 is 5.73 Å². The fourth-order valence-electron chi connectivity index (χ4n) is 1.66. The molecule has 0 unspecified atom stereocenters. The lowest BCUT2D eigenvalue weighted by molar-refractivity contribution is 0.130. The van der Waals surface area contributed by atoms with E-state index < -0.39 is 0 Å². The number of nitrogens with two attached hydrogens (primary N) is 1. The molecule has 2 N–H and O–H groups in total. The molecule has 0 spiro atoms. The van der Waals surface area contributed by atoms with Gasteiger partial charge in [-0.15, -0.1) is 0 Å². The average Bonchev–Trinajstić information content (AvgIpc) is 2.26. The van der Waals surface area contributed by atoms with E-state index in [1.165, 1.54) is 51.4 Å². The van der Waals surface area contributed by atoms with Crippen molar-refractivity contribution >= 4 is 0 Å². The van der Waals surface area contributed by atoms with Gasteiger partial charge in [-0.05, 0) is 25.8 Å². The van der Waals surface area contributed by atoms with E-state index in [2.05, 4.69) is 6.92 Å². The molecule has 0 aliphatic heterocycles. The average molecular weight is 215 g/mol. The van der Waals surface area contributed by atoms with Gasteiger partial charge in [0.25, 0.3) is 0 Å². The Balaban J connectivity index is 2.81. The Labute approximate surface area is 95.6 Å². The van der Waals surface area contributed by atoms with E-state index >= 15 is 0 Å². The van der Waals surface area contributed by atoms with Crippen molar-refractivity contribution in [3.05, 3.63) is 0 Å². The summed E-state index contributed by atoms with van der Waals surface area (Å²) in [5, 5.41) is 0. The molecule has 0 rings (SSSR count). The number of rotatable bonds is 12. The maximum atomic E-state index is 5.43. The van der Waals surface area contributed by atoms with Crippen LogP contribution in [0, 0.1) is 0 Å². The highest BCUT2D eigenvalue weighted by Gasteiger charge is 1.92. The second-order valence-electron chi connectivity index (χ2n) is 4.23. The van der Waals surface area contributed by atoms with Gasteiger partial charge < -0.3 is 10.5 Å². The second kappa shape index (κ2) is 13.9. The third kappa shape index (κ3) is 13.9. The van der Waals surface area contributed by atoms with Gasteiger partial charge in [0.1, 0.15) is 0 Å². The summed E-state index contributed by atoms with van der Waals surface area (Å²) in [5.41, 5.74) is 5.43. The van der Waals surface area contributed by atoms with E-state index in [1.807, 2.05) is 0 Å². The second-order valence-corrected chi connectivity index (χ2v) is 4.23. The SMILES string of the molecule is CCCOCCCCCCCCCCN. The summed E-state index contributed by atoms with van der Waals surface area (Å²) in [4.78, 5) is 0. The Morgan fingerprint density at radius 1 is 0.733 bits per heavy atom. The van der Waals surface area contributed by atoms with Crippen molar-refractivity contribution in [1.82, 2.24) is 0 Å². The molecule has 15 heavy (non-hydrogen) atoms. The van der Waals surface area contributed by atoms with Crippen LogP contribution in [0.4, 0.5) is 0 Å². The Hall–Kier alpha value is -0.0800. The molecular weight excluding hydrogens is 186 g/mol. The van der Waals surface area contributed by atoms with Crippen molar-refractivity contribution in [2.24, 2.45) is 5.73 Å². The fourth-order valence-corrected chi connectivity index (χ4v) is 1.66. The van der Waals surface area contributed by atoms with Gasteiger partial charge in [0.2, 0.25) is 0 Å². The van der Waals surface area contributed by atoms with Crippen LogP contribution in [0.25, 0.3) is 0 Å². The molecule has 0 bridgehead atoms. The van der Waals surface area contributed by atoms with Crippen molar-refractivity contribution in [3.63, 3.8) is 0 Å². The van der Waals surface area contributed by atoms with Crippen LogP contribution in [-0.4, -0.2) is 19.8 Å². The third-order valence-electron chi connectivity index (χ3n) is 2.59. The van der Waals surface area contributed by atoms with Crippen LogP contribution >= 0.6 is 0 Å². The maximum absolute atomic E-state index is 5.43. The molecule has 0 aliphatic rings. The lowest BCUT2D eigenvalue weighted by atomic mass is 10.1. The van der Waals surface area contributed by atoms with Crippen molar-refractivity contribution in [3.8, 4) is 0 Å². The number of hydrogen-bond acceptors (Lipinski definition) is 2. The molecule has 0 saturated heterocycles. The first kappa shape index (κ1) is 14.9. The Kier molecular flexibility index (Phi) is 13.8. The van der Waals surface area contributed by atoms with Gasteiger partial charge >= 0.3 is 0 Å². The molecule has 0 fully saturated rings. The number of unbranched alkanes of at least 4 members (excludes halogenated alkanes) is 7. The van der Waals surface area contributed by atoms with Crippen LogP contribution in [0.3, 0.4) is 0 Å². The fraction of sp³-hybridized carbons (Fsp3) is 1.00. The van der Waals surface area contributed by atoms with Crippen molar-refractivity contribution in [2.45, 2.75) is 64.7 Å². The number of hydrogen-bond donors (Lipinski definition) is 1. The molecule has 2 nitrogen and oxygen atoms in total. The first-order valence-corrected chi connectivity index (χ1v) is 6.69. The monoisotopic (exact) mass is 215 g/mol. The van der Waals surface area contributed by atoms with Gasteiger partial charge in [0.05, 0.1) is 0 Å². The van der Waals surface area contributed by atoms with E-state index in [4.69, 9.17) is 10.5 Å². The quantitative estimate of drug-likeness (QED) is 0.506. The lowest BCUT2D eigenvalue weighted by Gasteiger charge is -2.03. The molecule has 0 amide bonds. The van der Waals surface area contributed by atoms with Gasteiger partial charge in [0, 0.05) is 13.2 Å². The van der Waals surface area contributed by atoms with Gasteiger partial charge in [0.15, 0.2) is 0 Å². The summed E-state index contributed by atoms with van der Waals surface area (Å²) in [5.74, 6) is 0. The normalized spacial score (nSPS) is 10.8. The molecule has 0 radical (unpaired) electrons. The molecule has 0 aromatic carbocycles. The topological polar surface area (TPSA) is 35.2 Å². The molecular formula is C13H29NO. The summed E-state index contributed by atoms with van der Waals surface area (Å²) in [6.07, 6.45) is 11.7. The highest BCUT2D eigenvalue weighted by molar-refractivity contribution is 4.47. The molecule has 0 aliphatic carbocycles. The zero-order chi connectivity index (χ0) is 11.2. The van der Waals surface area contributed by atoms with Crippen molar-refractivity contribution < 1.29 is 4.74 Å². The molecule has 0 aromatic rings. The van der Waals surface area contributed by atoms with Crippen LogP contribution in [0.2, 0.25) is 0 Å². The minimum Gasteiger partial charge on any atom is -0.381 e. The zero-order valence-electron chi connectivity index (χ0n) is 10.5.